The minimum absolute atomic E-state index is 0.225. The number of ether oxygens (including phenoxy) is 1. The monoisotopic (exact) mass is 312 g/mol. The number of halogens is 2. The van der Waals surface area contributed by atoms with Gasteiger partial charge in [-0.3, -0.25) is 0 Å². The zero-order valence-corrected chi connectivity index (χ0v) is 12.3. The van der Waals surface area contributed by atoms with Crippen molar-refractivity contribution in [3.63, 3.8) is 0 Å². The second-order valence-electron chi connectivity index (χ2n) is 3.85. The van der Waals surface area contributed by atoms with E-state index in [9.17, 15) is 0 Å². The summed E-state index contributed by atoms with van der Waals surface area (Å²) < 4.78 is 5.67. The van der Waals surface area contributed by atoms with Gasteiger partial charge in [-0.15, -0.1) is 0 Å². The van der Waals surface area contributed by atoms with E-state index in [1.54, 1.807) is 24.3 Å². The summed E-state index contributed by atoms with van der Waals surface area (Å²) in [4.78, 5) is 4.50. The van der Waals surface area contributed by atoms with Crippen molar-refractivity contribution < 1.29 is 4.74 Å². The van der Waals surface area contributed by atoms with Crippen LogP contribution in [0.4, 0.5) is 0 Å². The van der Waals surface area contributed by atoms with Gasteiger partial charge in [0.2, 0.25) is 5.88 Å². The number of nitrogens with zero attached hydrogens (tertiary/aromatic N) is 1. The van der Waals surface area contributed by atoms with Crippen LogP contribution in [0.5, 0.6) is 11.6 Å². The molecule has 6 heteroatoms. The Morgan fingerprint density at radius 2 is 1.95 bits per heavy atom. The summed E-state index contributed by atoms with van der Waals surface area (Å²) in [5, 5.41) is 0.865. The second-order valence-corrected chi connectivity index (χ2v) is 5.10. The first-order chi connectivity index (χ1) is 8.97. The molecule has 3 nitrogen and oxygen atoms in total. The lowest BCUT2D eigenvalue weighted by atomic mass is 10.2. The summed E-state index contributed by atoms with van der Waals surface area (Å²) in [5.74, 6) is 0.871. The number of thiocarbonyl (C=S) groups is 1. The lowest BCUT2D eigenvalue weighted by Crippen LogP contribution is -2.11. The van der Waals surface area contributed by atoms with Gasteiger partial charge in [-0.25, -0.2) is 4.98 Å². The molecule has 1 heterocycles. The van der Waals surface area contributed by atoms with Gasteiger partial charge in [-0.05, 0) is 31.2 Å². The van der Waals surface area contributed by atoms with E-state index in [-0.39, 0.29) is 4.99 Å². The average Bonchev–Trinajstić information content (AvgIpc) is 2.33. The first kappa shape index (κ1) is 14.1. The van der Waals surface area contributed by atoms with Crippen molar-refractivity contribution in [3.05, 3.63) is 51.6 Å². The Kier molecular flexibility index (Phi) is 4.24. The zero-order chi connectivity index (χ0) is 14.0. The SMILES string of the molecule is Cc1ccc(C(N)=S)c(Oc2ccc(Cl)c(Cl)c2)n1. The summed E-state index contributed by atoms with van der Waals surface area (Å²) in [6.07, 6.45) is 0. The molecule has 1 aromatic heterocycles. The van der Waals surface area contributed by atoms with E-state index in [2.05, 4.69) is 4.98 Å². The molecule has 0 fully saturated rings. The van der Waals surface area contributed by atoms with Gasteiger partial charge in [-0.1, -0.05) is 35.4 Å². The van der Waals surface area contributed by atoms with Crippen LogP contribution in [0, 0.1) is 6.92 Å². The molecule has 2 N–H and O–H groups in total. The molecular weight excluding hydrogens is 303 g/mol. The third-order valence-corrected chi connectivity index (χ3v) is 3.33. The molecule has 1 aromatic carbocycles. The van der Waals surface area contributed by atoms with Crippen molar-refractivity contribution in [1.29, 1.82) is 0 Å². The first-order valence-corrected chi connectivity index (χ1v) is 6.54. The highest BCUT2D eigenvalue weighted by molar-refractivity contribution is 7.80. The standard InChI is InChI=1S/C13H10Cl2N2OS/c1-7-2-4-9(12(16)19)13(17-7)18-8-3-5-10(14)11(15)6-8/h2-6H,1H3,(H2,16,19). The van der Waals surface area contributed by atoms with E-state index in [1.807, 2.05) is 13.0 Å². The molecule has 98 valence electrons. The number of rotatable bonds is 3. The third-order valence-electron chi connectivity index (χ3n) is 2.37. The van der Waals surface area contributed by atoms with Crippen molar-refractivity contribution in [2.75, 3.05) is 0 Å². The lowest BCUT2D eigenvalue weighted by Gasteiger charge is -2.10. The number of pyridine rings is 1. The fourth-order valence-electron chi connectivity index (χ4n) is 1.45. The Hall–Kier alpha value is -1.36. The zero-order valence-electron chi connectivity index (χ0n) is 9.98. The molecule has 0 saturated heterocycles. The summed E-state index contributed by atoms with van der Waals surface area (Å²) in [7, 11) is 0. The fourth-order valence-corrected chi connectivity index (χ4v) is 1.89. The molecule has 0 aliphatic rings. The molecular formula is C13H10Cl2N2OS. The van der Waals surface area contributed by atoms with Crippen molar-refractivity contribution in [2.45, 2.75) is 6.92 Å². The largest absolute Gasteiger partial charge is 0.438 e. The van der Waals surface area contributed by atoms with Crippen LogP contribution in [-0.4, -0.2) is 9.97 Å². The highest BCUT2D eigenvalue weighted by atomic mass is 35.5. The highest BCUT2D eigenvalue weighted by Gasteiger charge is 2.10. The normalized spacial score (nSPS) is 10.3. The van der Waals surface area contributed by atoms with E-state index in [4.69, 9.17) is 45.9 Å². The topological polar surface area (TPSA) is 48.1 Å². The smallest absolute Gasteiger partial charge is 0.229 e. The van der Waals surface area contributed by atoms with Crippen LogP contribution in [0.25, 0.3) is 0 Å². The van der Waals surface area contributed by atoms with Gasteiger partial charge in [0.1, 0.15) is 10.7 Å². The molecule has 19 heavy (non-hydrogen) atoms. The van der Waals surface area contributed by atoms with E-state index in [0.29, 0.717) is 27.2 Å². The number of hydrogen-bond acceptors (Lipinski definition) is 3. The van der Waals surface area contributed by atoms with Gasteiger partial charge in [0.15, 0.2) is 0 Å². The predicted molar refractivity (Wildman–Crippen MR) is 81.4 cm³/mol. The molecule has 0 atom stereocenters. The third kappa shape index (κ3) is 3.35. The fraction of sp³-hybridized carbons (Fsp3) is 0.0769. The van der Waals surface area contributed by atoms with Crippen molar-refractivity contribution in [2.24, 2.45) is 5.73 Å². The number of aromatic nitrogens is 1. The highest BCUT2D eigenvalue weighted by Crippen LogP contribution is 2.30. The van der Waals surface area contributed by atoms with Gasteiger partial charge in [0.25, 0.3) is 0 Å². The van der Waals surface area contributed by atoms with Crippen LogP contribution in [0.2, 0.25) is 10.0 Å². The summed E-state index contributed by atoms with van der Waals surface area (Å²) in [6, 6.07) is 8.54. The van der Waals surface area contributed by atoms with Crippen molar-refractivity contribution >= 4 is 40.4 Å². The summed E-state index contributed by atoms with van der Waals surface area (Å²) in [6.45, 7) is 1.85. The van der Waals surface area contributed by atoms with Gasteiger partial charge in [0, 0.05) is 11.8 Å². The van der Waals surface area contributed by atoms with E-state index in [0.717, 1.165) is 5.69 Å². The Bertz CT molecular complexity index is 647. The quantitative estimate of drug-likeness (QED) is 0.866. The average molecular weight is 313 g/mol. The molecule has 0 saturated carbocycles. The minimum Gasteiger partial charge on any atom is -0.438 e. The molecule has 2 rings (SSSR count). The van der Waals surface area contributed by atoms with Crippen LogP contribution in [0.15, 0.2) is 30.3 Å². The lowest BCUT2D eigenvalue weighted by molar-refractivity contribution is 0.461. The van der Waals surface area contributed by atoms with Crippen molar-refractivity contribution in [3.8, 4) is 11.6 Å². The maximum Gasteiger partial charge on any atom is 0.229 e. The maximum absolute atomic E-state index is 5.93. The van der Waals surface area contributed by atoms with Gasteiger partial charge in [0.05, 0.1) is 15.6 Å². The Morgan fingerprint density at radius 1 is 1.21 bits per heavy atom. The molecule has 0 unspecified atom stereocenters. The van der Waals surface area contributed by atoms with Crippen LogP contribution in [0.3, 0.4) is 0 Å². The molecule has 0 spiro atoms. The summed E-state index contributed by atoms with van der Waals surface area (Å²) in [5.41, 5.74) is 7.01. The molecule has 0 amide bonds. The van der Waals surface area contributed by atoms with Crippen LogP contribution in [-0.2, 0) is 0 Å². The number of hydrogen-bond donors (Lipinski definition) is 1. The number of benzene rings is 1. The van der Waals surface area contributed by atoms with Crippen LogP contribution in [0.1, 0.15) is 11.3 Å². The molecule has 0 aliphatic carbocycles. The molecule has 0 radical (unpaired) electrons. The number of aryl methyl sites for hydroxylation is 1. The van der Waals surface area contributed by atoms with Crippen LogP contribution >= 0.6 is 35.4 Å². The van der Waals surface area contributed by atoms with Crippen molar-refractivity contribution in [1.82, 2.24) is 4.98 Å². The Balaban J connectivity index is 2.39. The molecule has 2 aromatic rings. The Morgan fingerprint density at radius 3 is 2.58 bits per heavy atom. The summed E-state index contributed by atoms with van der Waals surface area (Å²) >= 11 is 16.7. The molecule has 0 aliphatic heterocycles. The van der Waals surface area contributed by atoms with Gasteiger partial charge < -0.3 is 10.5 Å². The van der Waals surface area contributed by atoms with Gasteiger partial charge >= 0.3 is 0 Å². The van der Waals surface area contributed by atoms with E-state index < -0.39 is 0 Å². The maximum atomic E-state index is 5.93. The van der Waals surface area contributed by atoms with E-state index >= 15 is 0 Å². The van der Waals surface area contributed by atoms with Crippen LogP contribution < -0.4 is 10.5 Å². The second kappa shape index (κ2) is 5.74. The first-order valence-electron chi connectivity index (χ1n) is 5.37. The molecule has 0 bridgehead atoms. The Labute approximate surface area is 126 Å². The number of nitrogens with two attached hydrogens (primary N) is 1. The van der Waals surface area contributed by atoms with E-state index in [1.165, 1.54) is 0 Å². The van der Waals surface area contributed by atoms with Gasteiger partial charge in [-0.2, -0.15) is 0 Å². The predicted octanol–water partition coefficient (Wildman–Crippen LogP) is 4.12. The minimum atomic E-state index is 0.225.